The molecule has 3 aromatic rings. The molecular weight excluding hydrogens is 388 g/mol. The number of benzene rings is 2. The summed E-state index contributed by atoms with van der Waals surface area (Å²) in [5.74, 6) is -0.671. The van der Waals surface area contributed by atoms with Crippen molar-refractivity contribution in [1.29, 1.82) is 0 Å². The molecule has 0 saturated heterocycles. The van der Waals surface area contributed by atoms with Gasteiger partial charge < -0.3 is 5.32 Å². The lowest BCUT2D eigenvalue weighted by atomic mass is 10.2. The number of aromatic nitrogens is 2. The average molecular weight is 397 g/mol. The molecule has 0 radical (unpaired) electrons. The summed E-state index contributed by atoms with van der Waals surface area (Å²) < 4.78 is 26.9. The van der Waals surface area contributed by atoms with E-state index in [2.05, 4.69) is 31.2 Å². The van der Waals surface area contributed by atoms with Crippen LogP contribution in [0.5, 0.6) is 0 Å². The van der Waals surface area contributed by atoms with Crippen LogP contribution in [0.3, 0.4) is 0 Å². The number of anilines is 2. The number of hydrogen-bond donors (Lipinski definition) is 1. The zero-order valence-corrected chi connectivity index (χ0v) is 13.9. The largest absolute Gasteiger partial charge is 0.340 e. The Morgan fingerprint density at radius 2 is 1.61 bits per heavy atom. The Labute approximate surface area is 144 Å². The van der Waals surface area contributed by atoms with Crippen LogP contribution in [-0.4, -0.2) is 9.97 Å². The molecule has 0 saturated carbocycles. The van der Waals surface area contributed by atoms with Gasteiger partial charge in [0.05, 0.1) is 4.47 Å². The predicted molar refractivity (Wildman–Crippen MR) is 89.8 cm³/mol. The van der Waals surface area contributed by atoms with Crippen molar-refractivity contribution in [2.75, 3.05) is 5.32 Å². The van der Waals surface area contributed by atoms with E-state index in [4.69, 9.17) is 11.6 Å². The van der Waals surface area contributed by atoms with Gasteiger partial charge >= 0.3 is 0 Å². The smallest absolute Gasteiger partial charge is 0.163 e. The molecule has 0 amide bonds. The van der Waals surface area contributed by atoms with E-state index in [0.717, 1.165) is 17.7 Å². The molecule has 0 fully saturated rings. The highest BCUT2D eigenvalue weighted by molar-refractivity contribution is 9.10. The minimum absolute atomic E-state index is 0.214. The Morgan fingerprint density at radius 1 is 0.957 bits per heavy atom. The predicted octanol–water partition coefficient (Wildman–Crippen LogP) is 5.58. The molecule has 1 N–H and O–H groups in total. The van der Waals surface area contributed by atoms with E-state index in [1.165, 1.54) is 6.07 Å². The van der Waals surface area contributed by atoms with Crippen LogP contribution in [0.1, 0.15) is 0 Å². The Hall–Kier alpha value is -2.05. The fourth-order valence-corrected chi connectivity index (χ4v) is 2.39. The quantitative estimate of drug-likeness (QED) is 0.464. The summed E-state index contributed by atoms with van der Waals surface area (Å²) >= 11 is 8.84. The summed E-state index contributed by atoms with van der Waals surface area (Å²) in [6.07, 6.45) is 0. The lowest BCUT2D eigenvalue weighted by Crippen LogP contribution is -1.99. The van der Waals surface area contributed by atoms with Gasteiger partial charge in [0.25, 0.3) is 0 Å². The molecule has 1 aromatic heterocycles. The van der Waals surface area contributed by atoms with E-state index in [9.17, 15) is 8.78 Å². The minimum atomic E-state index is -0.712. The standard InChI is InChI=1S/C16H9BrClF2N3/c17-15-11(19)6-10(7-12(15)20)21-14-8-13(18)22-16(23-14)9-4-2-1-3-5-9/h1-8H,(H,21,22,23). The van der Waals surface area contributed by atoms with Crippen molar-refractivity contribution in [2.45, 2.75) is 0 Å². The first-order valence-corrected chi connectivity index (χ1v) is 7.71. The molecule has 0 bridgehead atoms. The van der Waals surface area contributed by atoms with Crippen molar-refractivity contribution in [3.8, 4) is 11.4 Å². The molecule has 3 rings (SSSR count). The minimum Gasteiger partial charge on any atom is -0.340 e. The topological polar surface area (TPSA) is 37.8 Å². The Balaban J connectivity index is 1.96. The SMILES string of the molecule is Fc1cc(Nc2cc(Cl)nc(-c3ccccc3)n2)cc(F)c1Br. The molecule has 0 aliphatic heterocycles. The molecule has 0 aliphatic rings. The van der Waals surface area contributed by atoms with Gasteiger partial charge in [-0.1, -0.05) is 41.9 Å². The van der Waals surface area contributed by atoms with Gasteiger partial charge in [-0.25, -0.2) is 18.7 Å². The van der Waals surface area contributed by atoms with Crippen molar-refractivity contribution in [1.82, 2.24) is 9.97 Å². The number of rotatable bonds is 3. The first kappa shape index (κ1) is 15.8. The van der Waals surface area contributed by atoms with Crippen molar-refractivity contribution in [2.24, 2.45) is 0 Å². The van der Waals surface area contributed by atoms with Gasteiger partial charge in [-0.05, 0) is 28.1 Å². The zero-order valence-electron chi connectivity index (χ0n) is 11.5. The summed E-state index contributed by atoms with van der Waals surface area (Å²) in [6, 6.07) is 13.1. The van der Waals surface area contributed by atoms with E-state index in [0.29, 0.717) is 11.6 Å². The summed E-state index contributed by atoms with van der Waals surface area (Å²) in [4.78, 5) is 8.47. The summed E-state index contributed by atoms with van der Waals surface area (Å²) in [5, 5.41) is 3.05. The molecule has 3 nitrogen and oxygen atoms in total. The molecule has 0 unspecified atom stereocenters. The van der Waals surface area contributed by atoms with Crippen LogP contribution in [-0.2, 0) is 0 Å². The van der Waals surface area contributed by atoms with Gasteiger partial charge in [-0.15, -0.1) is 0 Å². The Morgan fingerprint density at radius 3 is 2.26 bits per heavy atom. The third kappa shape index (κ3) is 3.65. The molecule has 0 atom stereocenters. The number of halogens is 4. The van der Waals surface area contributed by atoms with Gasteiger partial charge in [0.15, 0.2) is 5.82 Å². The van der Waals surface area contributed by atoms with E-state index in [-0.39, 0.29) is 15.3 Å². The molecule has 23 heavy (non-hydrogen) atoms. The average Bonchev–Trinajstić information content (AvgIpc) is 2.53. The van der Waals surface area contributed by atoms with Crippen molar-refractivity contribution >= 4 is 39.0 Å². The monoisotopic (exact) mass is 395 g/mol. The van der Waals surface area contributed by atoms with Crippen molar-refractivity contribution in [3.05, 3.63) is 69.8 Å². The summed E-state index contributed by atoms with van der Waals surface area (Å²) in [5.41, 5.74) is 1.00. The highest BCUT2D eigenvalue weighted by Crippen LogP contribution is 2.27. The van der Waals surface area contributed by atoms with Crippen molar-refractivity contribution in [3.63, 3.8) is 0 Å². The number of hydrogen-bond acceptors (Lipinski definition) is 3. The maximum absolute atomic E-state index is 13.6. The van der Waals surface area contributed by atoms with Crippen LogP contribution >= 0.6 is 27.5 Å². The Bertz CT molecular complexity index is 836. The summed E-state index contributed by atoms with van der Waals surface area (Å²) in [6.45, 7) is 0. The maximum Gasteiger partial charge on any atom is 0.163 e. The lowest BCUT2D eigenvalue weighted by molar-refractivity contribution is 0.573. The van der Waals surface area contributed by atoms with Crippen molar-refractivity contribution < 1.29 is 8.78 Å². The second-order valence-corrected chi connectivity index (χ2v) is 5.82. The van der Waals surface area contributed by atoms with E-state index >= 15 is 0 Å². The van der Waals surface area contributed by atoms with E-state index < -0.39 is 11.6 Å². The van der Waals surface area contributed by atoms with Gasteiger partial charge in [0.1, 0.15) is 22.6 Å². The first-order chi connectivity index (χ1) is 11.0. The normalized spacial score (nSPS) is 10.6. The molecular formula is C16H9BrClF2N3. The van der Waals surface area contributed by atoms with Crippen LogP contribution in [0.25, 0.3) is 11.4 Å². The third-order valence-corrected chi connectivity index (χ3v) is 3.93. The molecule has 7 heteroatoms. The molecule has 116 valence electrons. The van der Waals surface area contributed by atoms with Gasteiger partial charge in [-0.2, -0.15) is 0 Å². The maximum atomic E-state index is 13.6. The second kappa shape index (κ2) is 6.60. The first-order valence-electron chi connectivity index (χ1n) is 6.54. The molecule has 0 spiro atoms. The highest BCUT2D eigenvalue weighted by atomic mass is 79.9. The Kier molecular flexibility index (Phi) is 4.54. The van der Waals surface area contributed by atoms with Crippen LogP contribution in [0.2, 0.25) is 5.15 Å². The fourth-order valence-electron chi connectivity index (χ4n) is 1.97. The van der Waals surface area contributed by atoms with Crippen LogP contribution in [0.4, 0.5) is 20.3 Å². The zero-order chi connectivity index (χ0) is 16.4. The lowest BCUT2D eigenvalue weighted by Gasteiger charge is -2.09. The summed E-state index contributed by atoms with van der Waals surface area (Å²) in [7, 11) is 0. The number of nitrogens with zero attached hydrogens (tertiary/aromatic N) is 2. The molecule has 1 heterocycles. The third-order valence-electron chi connectivity index (χ3n) is 2.98. The molecule has 0 aliphatic carbocycles. The fraction of sp³-hybridized carbons (Fsp3) is 0. The van der Waals surface area contributed by atoms with Crippen LogP contribution in [0.15, 0.2) is 53.0 Å². The number of nitrogens with one attached hydrogen (secondary N) is 1. The van der Waals surface area contributed by atoms with E-state index in [1.807, 2.05) is 30.3 Å². The van der Waals surface area contributed by atoms with Gasteiger partial charge in [0, 0.05) is 17.3 Å². The highest BCUT2D eigenvalue weighted by Gasteiger charge is 2.10. The second-order valence-electron chi connectivity index (χ2n) is 4.64. The van der Waals surface area contributed by atoms with Crippen LogP contribution in [0, 0.1) is 11.6 Å². The molecule has 2 aromatic carbocycles. The van der Waals surface area contributed by atoms with Gasteiger partial charge in [0.2, 0.25) is 0 Å². The van der Waals surface area contributed by atoms with Gasteiger partial charge in [-0.3, -0.25) is 0 Å². The van der Waals surface area contributed by atoms with E-state index in [1.54, 1.807) is 0 Å². The van der Waals surface area contributed by atoms with Crippen LogP contribution < -0.4 is 5.32 Å².